The summed E-state index contributed by atoms with van der Waals surface area (Å²) in [5, 5.41) is 8.32. The Balaban J connectivity index is 1.32. The van der Waals surface area contributed by atoms with Crippen molar-refractivity contribution in [2.45, 2.75) is 25.4 Å². The average molecular weight is 361 g/mol. The molecule has 1 unspecified atom stereocenters. The van der Waals surface area contributed by atoms with Gasteiger partial charge in [0.05, 0.1) is 0 Å². The van der Waals surface area contributed by atoms with Gasteiger partial charge in [0, 0.05) is 38.1 Å². The number of urea groups is 1. The van der Waals surface area contributed by atoms with Gasteiger partial charge in [-0.2, -0.15) is 0 Å². The molecule has 1 aliphatic rings. The lowest BCUT2D eigenvalue weighted by Crippen LogP contribution is -2.44. The lowest BCUT2D eigenvalue weighted by Gasteiger charge is -2.24. The zero-order valence-electron chi connectivity index (χ0n) is 15.1. The number of amides is 2. The van der Waals surface area contributed by atoms with Gasteiger partial charge in [-0.3, -0.25) is 0 Å². The fourth-order valence-corrected chi connectivity index (χ4v) is 3.65. The van der Waals surface area contributed by atoms with Crippen LogP contribution in [0.25, 0.3) is 10.8 Å². The molecule has 0 saturated carbocycles. The number of hydrogen-bond donors (Lipinski definition) is 2. The molecule has 4 rings (SSSR count). The highest BCUT2D eigenvalue weighted by molar-refractivity contribution is 5.86. The van der Waals surface area contributed by atoms with E-state index in [-0.39, 0.29) is 12.1 Å². The van der Waals surface area contributed by atoms with Gasteiger partial charge in [-0.05, 0) is 35.2 Å². The van der Waals surface area contributed by atoms with Crippen molar-refractivity contribution in [2.24, 2.45) is 0 Å². The molecule has 1 aliphatic heterocycles. The second-order valence-corrected chi connectivity index (χ2v) is 6.74. The predicted molar refractivity (Wildman–Crippen MR) is 107 cm³/mol. The van der Waals surface area contributed by atoms with Gasteiger partial charge in [-0.15, -0.1) is 0 Å². The van der Waals surface area contributed by atoms with Gasteiger partial charge in [0.15, 0.2) is 0 Å². The molecule has 2 aromatic carbocycles. The van der Waals surface area contributed by atoms with Crippen LogP contribution in [0.3, 0.4) is 0 Å². The molecule has 0 radical (unpaired) electrons. The van der Waals surface area contributed by atoms with Gasteiger partial charge in [-0.1, -0.05) is 42.5 Å². The van der Waals surface area contributed by atoms with Crippen molar-refractivity contribution < 1.29 is 4.79 Å². The fraction of sp³-hybridized carbons (Fsp3) is 0.286. The van der Waals surface area contributed by atoms with Gasteiger partial charge in [0.1, 0.15) is 0 Å². The Morgan fingerprint density at radius 3 is 2.74 bits per heavy atom. The molecule has 0 bridgehead atoms. The number of rotatable bonds is 5. The van der Waals surface area contributed by atoms with E-state index in [1.807, 2.05) is 30.3 Å². The number of carbonyl (C=O) groups excluding carboxylic acids is 1. The summed E-state index contributed by atoms with van der Waals surface area (Å²) in [6, 6.07) is 16.3. The van der Waals surface area contributed by atoms with Crippen LogP contribution in [0.4, 0.5) is 10.7 Å². The Hall–Kier alpha value is -3.15. The molecule has 2 N–H and O–H groups in total. The second kappa shape index (κ2) is 8.03. The summed E-state index contributed by atoms with van der Waals surface area (Å²) in [6.45, 7) is 2.01. The van der Waals surface area contributed by atoms with Crippen LogP contribution in [0.15, 0.2) is 60.9 Å². The maximum Gasteiger partial charge on any atom is 0.315 e. The molecule has 27 heavy (non-hydrogen) atoms. The summed E-state index contributed by atoms with van der Waals surface area (Å²) < 4.78 is 0. The standard InChI is InChI=1S/C21H23N5O/c27-21(24-14-17-8-3-7-16-6-1-2-10-19(16)17)25-15-18-9-4-13-26(18)20-22-11-5-12-23-20/h1-3,5-8,10-12,18H,4,9,13-15H2,(H2,24,25,27). The monoisotopic (exact) mass is 361 g/mol. The first-order valence-electron chi connectivity index (χ1n) is 9.33. The smallest absolute Gasteiger partial charge is 0.315 e. The van der Waals surface area contributed by atoms with E-state index < -0.39 is 0 Å². The predicted octanol–water partition coefficient (Wildman–Crippen LogP) is 3.10. The SMILES string of the molecule is O=C(NCc1cccc2ccccc12)NCC1CCCN1c1ncccn1. The Bertz CT molecular complexity index is 909. The highest BCUT2D eigenvalue weighted by Crippen LogP contribution is 2.21. The normalized spacial score (nSPS) is 16.4. The van der Waals surface area contributed by atoms with E-state index in [4.69, 9.17) is 0 Å². The summed E-state index contributed by atoms with van der Waals surface area (Å²) in [4.78, 5) is 23.1. The third kappa shape index (κ3) is 4.00. The van der Waals surface area contributed by atoms with Crippen molar-refractivity contribution in [3.8, 4) is 0 Å². The largest absolute Gasteiger partial charge is 0.336 e. The number of aromatic nitrogens is 2. The maximum atomic E-state index is 12.3. The Labute approximate surface area is 158 Å². The fourth-order valence-electron chi connectivity index (χ4n) is 3.65. The van der Waals surface area contributed by atoms with E-state index in [2.05, 4.69) is 43.7 Å². The van der Waals surface area contributed by atoms with E-state index in [0.29, 0.717) is 13.1 Å². The third-order valence-electron chi connectivity index (χ3n) is 5.00. The maximum absolute atomic E-state index is 12.3. The summed E-state index contributed by atoms with van der Waals surface area (Å²) in [5.41, 5.74) is 1.11. The molecule has 1 aromatic heterocycles. The lowest BCUT2D eigenvalue weighted by molar-refractivity contribution is 0.240. The summed E-state index contributed by atoms with van der Waals surface area (Å²) in [5.74, 6) is 0.734. The lowest BCUT2D eigenvalue weighted by atomic mass is 10.0. The highest BCUT2D eigenvalue weighted by atomic mass is 16.2. The van der Waals surface area contributed by atoms with Gasteiger partial charge < -0.3 is 15.5 Å². The first-order chi connectivity index (χ1) is 13.3. The van der Waals surface area contributed by atoms with Crippen LogP contribution in [0.2, 0.25) is 0 Å². The summed E-state index contributed by atoms with van der Waals surface area (Å²) in [7, 11) is 0. The Kier molecular flexibility index (Phi) is 5.14. The van der Waals surface area contributed by atoms with Crippen LogP contribution in [0.5, 0.6) is 0 Å². The molecule has 0 spiro atoms. The third-order valence-corrected chi connectivity index (χ3v) is 5.00. The summed E-state index contributed by atoms with van der Waals surface area (Å²) in [6.07, 6.45) is 5.62. The molecule has 6 nitrogen and oxygen atoms in total. The highest BCUT2D eigenvalue weighted by Gasteiger charge is 2.26. The van der Waals surface area contributed by atoms with Gasteiger partial charge in [-0.25, -0.2) is 14.8 Å². The van der Waals surface area contributed by atoms with Crippen LogP contribution in [0, 0.1) is 0 Å². The van der Waals surface area contributed by atoms with Crippen molar-refractivity contribution in [2.75, 3.05) is 18.0 Å². The molecule has 2 heterocycles. The van der Waals surface area contributed by atoms with Gasteiger partial charge in [0.2, 0.25) is 5.95 Å². The van der Waals surface area contributed by atoms with Crippen LogP contribution in [-0.4, -0.2) is 35.1 Å². The minimum Gasteiger partial charge on any atom is -0.336 e. The quantitative estimate of drug-likeness (QED) is 0.733. The number of carbonyl (C=O) groups is 1. The van der Waals surface area contributed by atoms with E-state index >= 15 is 0 Å². The molecular formula is C21H23N5O. The molecule has 138 valence electrons. The molecule has 6 heteroatoms. The van der Waals surface area contributed by atoms with Crippen LogP contribution >= 0.6 is 0 Å². The van der Waals surface area contributed by atoms with Crippen molar-refractivity contribution >= 4 is 22.8 Å². The van der Waals surface area contributed by atoms with E-state index in [9.17, 15) is 4.79 Å². The van der Waals surface area contributed by atoms with Gasteiger partial charge >= 0.3 is 6.03 Å². The average Bonchev–Trinajstić information content (AvgIpc) is 3.20. The Morgan fingerprint density at radius 1 is 1.04 bits per heavy atom. The van der Waals surface area contributed by atoms with Crippen LogP contribution in [-0.2, 0) is 6.54 Å². The zero-order chi connectivity index (χ0) is 18.5. The van der Waals surface area contributed by atoms with E-state index in [0.717, 1.165) is 30.9 Å². The molecular weight excluding hydrogens is 338 g/mol. The molecule has 3 aromatic rings. The number of benzene rings is 2. The number of nitrogens with one attached hydrogen (secondary N) is 2. The number of hydrogen-bond acceptors (Lipinski definition) is 4. The van der Waals surface area contributed by atoms with Crippen molar-refractivity contribution in [3.63, 3.8) is 0 Å². The number of fused-ring (bicyclic) bond motifs is 1. The zero-order valence-corrected chi connectivity index (χ0v) is 15.1. The van der Waals surface area contributed by atoms with Crippen molar-refractivity contribution in [3.05, 3.63) is 66.5 Å². The molecule has 2 amide bonds. The first-order valence-corrected chi connectivity index (χ1v) is 9.33. The van der Waals surface area contributed by atoms with Crippen LogP contribution in [0.1, 0.15) is 18.4 Å². The molecule has 1 fully saturated rings. The first kappa shape index (κ1) is 17.3. The molecule has 1 saturated heterocycles. The molecule has 0 aliphatic carbocycles. The number of nitrogens with zero attached hydrogens (tertiary/aromatic N) is 3. The van der Waals surface area contributed by atoms with Crippen LogP contribution < -0.4 is 15.5 Å². The number of anilines is 1. The Morgan fingerprint density at radius 2 is 1.85 bits per heavy atom. The summed E-state index contributed by atoms with van der Waals surface area (Å²) >= 11 is 0. The molecule has 1 atom stereocenters. The minimum absolute atomic E-state index is 0.149. The topological polar surface area (TPSA) is 70.2 Å². The van der Waals surface area contributed by atoms with E-state index in [1.165, 1.54) is 10.8 Å². The van der Waals surface area contributed by atoms with Gasteiger partial charge in [0.25, 0.3) is 0 Å². The minimum atomic E-state index is -0.149. The second-order valence-electron chi connectivity index (χ2n) is 6.74. The van der Waals surface area contributed by atoms with E-state index in [1.54, 1.807) is 12.4 Å². The van der Waals surface area contributed by atoms with Crippen molar-refractivity contribution in [1.82, 2.24) is 20.6 Å². The van der Waals surface area contributed by atoms with Crippen molar-refractivity contribution in [1.29, 1.82) is 0 Å².